The maximum absolute atomic E-state index is 13.2. The molecular formula is C11H11FN2O2. The molecule has 2 N–H and O–H groups in total. The molecule has 16 heavy (non-hydrogen) atoms. The summed E-state index contributed by atoms with van der Waals surface area (Å²) in [4.78, 5) is 11.5. The minimum Gasteiger partial charge on any atom is -0.443 e. The number of anilines is 1. The number of hydrogen-bond donors (Lipinski definition) is 1. The predicted octanol–water partition coefficient (Wildman–Crippen LogP) is 1.87. The van der Waals surface area contributed by atoms with Crippen molar-refractivity contribution in [3.05, 3.63) is 29.6 Å². The van der Waals surface area contributed by atoms with E-state index in [4.69, 9.17) is 15.7 Å². The Morgan fingerprint density at radius 3 is 2.94 bits per heavy atom. The van der Waals surface area contributed by atoms with E-state index in [0.717, 1.165) is 6.07 Å². The summed E-state index contributed by atoms with van der Waals surface area (Å²) in [5, 5.41) is 8.60. The Balaban J connectivity index is 2.89. The van der Waals surface area contributed by atoms with Crippen molar-refractivity contribution in [2.24, 2.45) is 0 Å². The number of ether oxygens (including phenoxy) is 1. The number of benzene rings is 1. The van der Waals surface area contributed by atoms with Gasteiger partial charge in [0.05, 0.1) is 5.56 Å². The molecule has 0 spiro atoms. The maximum Gasteiger partial charge on any atom is 0.342 e. The van der Waals surface area contributed by atoms with E-state index in [1.165, 1.54) is 12.1 Å². The van der Waals surface area contributed by atoms with Gasteiger partial charge in [0.1, 0.15) is 11.9 Å². The number of nitrogens with two attached hydrogens (primary N) is 1. The van der Waals surface area contributed by atoms with Crippen LogP contribution in [0.3, 0.4) is 0 Å². The summed E-state index contributed by atoms with van der Waals surface area (Å²) in [5.41, 5.74) is 5.43. The first-order valence-electron chi connectivity index (χ1n) is 4.74. The number of carbonyl (C=O) groups excluding carboxylic acids is 1. The maximum atomic E-state index is 13.2. The molecule has 0 saturated carbocycles. The van der Waals surface area contributed by atoms with Crippen LogP contribution in [-0.4, -0.2) is 12.1 Å². The van der Waals surface area contributed by atoms with Gasteiger partial charge in [0.2, 0.25) is 0 Å². The van der Waals surface area contributed by atoms with Crippen LogP contribution in [0.2, 0.25) is 0 Å². The molecule has 0 amide bonds. The molecule has 4 nitrogen and oxygen atoms in total. The average molecular weight is 222 g/mol. The van der Waals surface area contributed by atoms with Crippen LogP contribution in [0.5, 0.6) is 0 Å². The van der Waals surface area contributed by atoms with Gasteiger partial charge in [-0.2, -0.15) is 5.26 Å². The molecule has 0 saturated heterocycles. The van der Waals surface area contributed by atoms with Crippen molar-refractivity contribution in [1.29, 1.82) is 5.26 Å². The predicted molar refractivity (Wildman–Crippen MR) is 55.9 cm³/mol. The molecular weight excluding hydrogens is 211 g/mol. The first-order valence-corrected chi connectivity index (χ1v) is 4.74. The highest BCUT2D eigenvalue weighted by molar-refractivity contribution is 5.90. The van der Waals surface area contributed by atoms with Crippen LogP contribution in [0.25, 0.3) is 0 Å². The molecule has 0 radical (unpaired) electrons. The number of esters is 1. The van der Waals surface area contributed by atoms with Gasteiger partial charge in [0.25, 0.3) is 0 Å². The highest BCUT2D eigenvalue weighted by Crippen LogP contribution is 2.14. The topological polar surface area (TPSA) is 76.1 Å². The third-order valence-corrected chi connectivity index (χ3v) is 1.97. The van der Waals surface area contributed by atoms with Gasteiger partial charge in [-0.3, -0.25) is 0 Å². The second-order valence-electron chi connectivity index (χ2n) is 3.17. The van der Waals surface area contributed by atoms with Gasteiger partial charge in [0, 0.05) is 5.69 Å². The molecule has 1 aromatic carbocycles. The van der Waals surface area contributed by atoms with Gasteiger partial charge in [-0.15, -0.1) is 0 Å². The molecule has 5 heteroatoms. The van der Waals surface area contributed by atoms with Gasteiger partial charge < -0.3 is 10.5 Å². The number of nitrogen functional groups attached to an aromatic ring is 1. The van der Waals surface area contributed by atoms with Crippen molar-refractivity contribution in [1.82, 2.24) is 0 Å². The number of nitriles is 1. The van der Waals surface area contributed by atoms with Crippen LogP contribution in [0.1, 0.15) is 23.7 Å². The fourth-order valence-electron chi connectivity index (χ4n) is 1.09. The molecule has 0 aliphatic rings. The van der Waals surface area contributed by atoms with Crippen molar-refractivity contribution >= 4 is 11.7 Å². The number of halogens is 1. The Morgan fingerprint density at radius 1 is 1.69 bits per heavy atom. The largest absolute Gasteiger partial charge is 0.443 e. The van der Waals surface area contributed by atoms with E-state index in [1.807, 2.05) is 0 Å². The van der Waals surface area contributed by atoms with Gasteiger partial charge >= 0.3 is 5.97 Å². The number of carbonyl (C=O) groups is 1. The van der Waals surface area contributed by atoms with E-state index in [2.05, 4.69) is 0 Å². The van der Waals surface area contributed by atoms with Crippen molar-refractivity contribution in [2.75, 3.05) is 5.73 Å². The number of hydrogen-bond acceptors (Lipinski definition) is 4. The molecule has 0 heterocycles. The summed E-state index contributed by atoms with van der Waals surface area (Å²) in [6, 6.07) is 5.40. The van der Waals surface area contributed by atoms with E-state index in [0.29, 0.717) is 6.42 Å². The Morgan fingerprint density at radius 2 is 2.38 bits per heavy atom. The van der Waals surface area contributed by atoms with E-state index in [-0.39, 0.29) is 11.3 Å². The fraction of sp³-hybridized carbons (Fsp3) is 0.273. The monoisotopic (exact) mass is 222 g/mol. The zero-order chi connectivity index (χ0) is 12.1. The summed E-state index contributed by atoms with van der Waals surface area (Å²) < 4.78 is 18.0. The average Bonchev–Trinajstić information content (AvgIpc) is 2.28. The lowest BCUT2D eigenvalue weighted by Gasteiger charge is -2.09. The van der Waals surface area contributed by atoms with Crippen molar-refractivity contribution in [3.63, 3.8) is 0 Å². The minimum atomic E-state index is -0.877. The Labute approximate surface area is 92.4 Å². The zero-order valence-corrected chi connectivity index (χ0v) is 8.74. The van der Waals surface area contributed by atoms with Gasteiger partial charge in [-0.1, -0.05) is 6.92 Å². The van der Waals surface area contributed by atoms with Crippen LogP contribution < -0.4 is 5.73 Å². The van der Waals surface area contributed by atoms with Gasteiger partial charge in [-0.05, 0) is 24.6 Å². The van der Waals surface area contributed by atoms with E-state index >= 15 is 0 Å². The SMILES string of the molecule is CCC(C#N)OC(=O)c1cc(N)ccc1F. The second-order valence-corrected chi connectivity index (χ2v) is 3.17. The summed E-state index contributed by atoms with van der Waals surface area (Å²) in [6.45, 7) is 1.69. The Kier molecular flexibility index (Phi) is 3.84. The lowest BCUT2D eigenvalue weighted by atomic mass is 10.2. The quantitative estimate of drug-likeness (QED) is 0.625. The highest BCUT2D eigenvalue weighted by atomic mass is 19.1. The first-order chi connectivity index (χ1) is 7.58. The van der Waals surface area contributed by atoms with Crippen LogP contribution in [0, 0.1) is 17.1 Å². The Bertz CT molecular complexity index is 440. The first kappa shape index (κ1) is 12.0. The minimum absolute atomic E-state index is 0.256. The summed E-state index contributed by atoms with van der Waals surface area (Å²) in [7, 11) is 0. The van der Waals surface area contributed by atoms with Crippen LogP contribution in [0.15, 0.2) is 18.2 Å². The standard InChI is InChI=1S/C11H11FN2O2/c1-2-8(6-13)16-11(15)9-5-7(14)3-4-10(9)12/h3-5,8H,2,14H2,1H3. The molecule has 0 bridgehead atoms. The van der Waals surface area contributed by atoms with Crippen molar-refractivity contribution < 1.29 is 13.9 Å². The molecule has 0 aliphatic heterocycles. The van der Waals surface area contributed by atoms with Gasteiger partial charge in [0.15, 0.2) is 6.10 Å². The summed E-state index contributed by atoms with van der Waals surface area (Å²) >= 11 is 0. The molecule has 0 aromatic heterocycles. The molecule has 0 aliphatic carbocycles. The molecule has 0 fully saturated rings. The van der Waals surface area contributed by atoms with Crippen LogP contribution in [0.4, 0.5) is 10.1 Å². The van der Waals surface area contributed by atoms with Crippen LogP contribution in [-0.2, 0) is 4.74 Å². The second kappa shape index (κ2) is 5.12. The van der Waals surface area contributed by atoms with E-state index in [9.17, 15) is 9.18 Å². The molecule has 1 aromatic rings. The third-order valence-electron chi connectivity index (χ3n) is 1.97. The smallest absolute Gasteiger partial charge is 0.342 e. The molecule has 1 rings (SSSR count). The fourth-order valence-corrected chi connectivity index (χ4v) is 1.09. The summed E-state index contributed by atoms with van der Waals surface area (Å²) in [5.74, 6) is -1.59. The normalized spacial score (nSPS) is 11.6. The molecule has 1 atom stereocenters. The van der Waals surface area contributed by atoms with Gasteiger partial charge in [-0.25, -0.2) is 9.18 Å². The third kappa shape index (κ3) is 2.70. The lowest BCUT2D eigenvalue weighted by Crippen LogP contribution is -2.16. The Hall–Kier alpha value is -2.09. The van der Waals surface area contributed by atoms with E-state index < -0.39 is 17.9 Å². The molecule has 1 unspecified atom stereocenters. The van der Waals surface area contributed by atoms with Crippen molar-refractivity contribution in [2.45, 2.75) is 19.4 Å². The lowest BCUT2D eigenvalue weighted by molar-refractivity contribution is 0.0396. The van der Waals surface area contributed by atoms with Crippen LogP contribution >= 0.6 is 0 Å². The number of nitrogens with zero attached hydrogens (tertiary/aromatic N) is 1. The highest BCUT2D eigenvalue weighted by Gasteiger charge is 2.17. The van der Waals surface area contributed by atoms with E-state index in [1.54, 1.807) is 13.0 Å². The number of rotatable bonds is 3. The van der Waals surface area contributed by atoms with Crippen molar-refractivity contribution in [3.8, 4) is 6.07 Å². The molecule has 84 valence electrons. The summed E-state index contributed by atoms with van der Waals surface area (Å²) in [6.07, 6.45) is -0.514. The zero-order valence-electron chi connectivity index (χ0n) is 8.74.